The molecular formula is C39H55NO8. The number of hydrogen-bond acceptors (Lipinski definition) is 8. The van der Waals surface area contributed by atoms with Gasteiger partial charge in [-0.15, -0.1) is 0 Å². The Morgan fingerprint density at radius 2 is 0.854 bits per heavy atom. The number of ketones is 4. The highest BCUT2D eigenvalue weighted by atomic mass is 16.5. The van der Waals surface area contributed by atoms with Gasteiger partial charge in [-0.05, 0) is 23.3 Å². The zero-order valence-corrected chi connectivity index (χ0v) is 30.1. The molecule has 0 aliphatic heterocycles. The molecule has 0 saturated carbocycles. The quantitative estimate of drug-likeness (QED) is 0.105. The van der Waals surface area contributed by atoms with Crippen molar-refractivity contribution in [2.45, 2.75) is 80.2 Å². The van der Waals surface area contributed by atoms with Crippen LogP contribution in [0.4, 0.5) is 0 Å². The SMILES string of the molecule is CC(C)C(=O)CCOCC(COCCC(=O)C(C)C)(COCCC(=O)C(C)C)NC(=O)c1ccc(-c2ccc(C(=O)C(C)C)cc2)cc1. The van der Waals surface area contributed by atoms with Gasteiger partial charge in [-0.2, -0.15) is 0 Å². The second-order valence-corrected chi connectivity index (χ2v) is 13.7. The van der Waals surface area contributed by atoms with Crippen LogP contribution < -0.4 is 5.32 Å². The summed E-state index contributed by atoms with van der Waals surface area (Å²) in [4.78, 5) is 62.7. The molecule has 0 atom stereocenters. The van der Waals surface area contributed by atoms with Crippen molar-refractivity contribution in [2.75, 3.05) is 39.6 Å². The maximum absolute atomic E-state index is 13.7. The molecule has 0 spiro atoms. The first-order chi connectivity index (χ1) is 22.7. The molecule has 0 aromatic heterocycles. The average molecular weight is 666 g/mol. The van der Waals surface area contributed by atoms with Gasteiger partial charge in [0.05, 0.1) is 39.6 Å². The molecule has 264 valence electrons. The van der Waals surface area contributed by atoms with Crippen LogP contribution in [-0.4, -0.2) is 74.2 Å². The Hall–Kier alpha value is -3.53. The highest BCUT2D eigenvalue weighted by Crippen LogP contribution is 2.22. The van der Waals surface area contributed by atoms with E-state index in [1.165, 1.54) is 0 Å². The monoisotopic (exact) mass is 665 g/mol. The van der Waals surface area contributed by atoms with Crippen molar-refractivity contribution in [1.29, 1.82) is 0 Å². The lowest BCUT2D eigenvalue weighted by Crippen LogP contribution is -2.58. The van der Waals surface area contributed by atoms with Crippen LogP contribution in [0.1, 0.15) is 95.4 Å². The van der Waals surface area contributed by atoms with Gasteiger partial charge in [-0.3, -0.25) is 24.0 Å². The second-order valence-electron chi connectivity index (χ2n) is 13.7. The molecule has 2 aromatic carbocycles. The minimum absolute atomic E-state index is 0.0140. The van der Waals surface area contributed by atoms with Gasteiger partial charge in [-0.1, -0.05) is 91.8 Å². The van der Waals surface area contributed by atoms with Crippen LogP contribution in [-0.2, 0) is 28.6 Å². The Bertz CT molecular complexity index is 1270. The first-order valence-electron chi connectivity index (χ1n) is 17.0. The number of nitrogens with one attached hydrogen (secondary N) is 1. The Kier molecular flexibility index (Phi) is 17.0. The van der Waals surface area contributed by atoms with Crippen molar-refractivity contribution >= 4 is 29.0 Å². The lowest BCUT2D eigenvalue weighted by molar-refractivity contribution is -0.123. The van der Waals surface area contributed by atoms with Crippen molar-refractivity contribution in [1.82, 2.24) is 5.32 Å². The third-order valence-electron chi connectivity index (χ3n) is 8.10. The van der Waals surface area contributed by atoms with E-state index in [-0.39, 0.29) is 112 Å². The van der Waals surface area contributed by atoms with E-state index in [0.29, 0.717) is 11.1 Å². The van der Waals surface area contributed by atoms with Crippen molar-refractivity contribution in [3.63, 3.8) is 0 Å². The molecule has 0 aliphatic carbocycles. The van der Waals surface area contributed by atoms with Gasteiger partial charge in [-0.25, -0.2) is 0 Å². The smallest absolute Gasteiger partial charge is 0.251 e. The van der Waals surface area contributed by atoms with Crippen molar-refractivity contribution in [2.24, 2.45) is 23.7 Å². The zero-order chi connectivity index (χ0) is 35.9. The molecule has 9 nitrogen and oxygen atoms in total. The fourth-order valence-electron chi connectivity index (χ4n) is 4.71. The van der Waals surface area contributed by atoms with E-state index in [4.69, 9.17) is 14.2 Å². The normalized spacial score (nSPS) is 11.8. The summed E-state index contributed by atoms with van der Waals surface area (Å²) in [5, 5.41) is 3.06. The molecule has 2 rings (SSSR count). The third-order valence-corrected chi connectivity index (χ3v) is 8.10. The minimum atomic E-state index is -1.17. The highest BCUT2D eigenvalue weighted by molar-refractivity contribution is 5.98. The fourth-order valence-corrected chi connectivity index (χ4v) is 4.71. The molecule has 0 unspecified atom stereocenters. The van der Waals surface area contributed by atoms with Crippen molar-refractivity contribution < 1.29 is 38.2 Å². The van der Waals surface area contributed by atoms with E-state index in [1.807, 2.05) is 91.8 Å². The molecule has 1 N–H and O–H groups in total. The number of Topliss-reactive ketones (excluding diaryl/α,β-unsaturated/α-hetero) is 4. The van der Waals surface area contributed by atoms with E-state index in [9.17, 15) is 24.0 Å². The first kappa shape index (κ1) is 40.6. The van der Waals surface area contributed by atoms with Crippen molar-refractivity contribution in [3.05, 3.63) is 59.7 Å². The third kappa shape index (κ3) is 13.5. The summed E-state index contributed by atoms with van der Waals surface area (Å²) in [5.74, 6) is -0.549. The van der Waals surface area contributed by atoms with E-state index in [0.717, 1.165) is 11.1 Å². The topological polar surface area (TPSA) is 125 Å². The lowest BCUT2D eigenvalue weighted by atomic mass is 9.97. The molecule has 0 radical (unpaired) electrons. The van der Waals surface area contributed by atoms with E-state index in [2.05, 4.69) is 5.32 Å². The predicted molar refractivity (Wildman–Crippen MR) is 187 cm³/mol. The van der Waals surface area contributed by atoms with Crippen LogP contribution in [0, 0.1) is 23.7 Å². The Morgan fingerprint density at radius 3 is 1.17 bits per heavy atom. The average Bonchev–Trinajstić information content (AvgIpc) is 3.06. The molecule has 9 heteroatoms. The predicted octanol–water partition coefficient (Wildman–Crippen LogP) is 6.56. The summed E-state index contributed by atoms with van der Waals surface area (Å²) in [6, 6.07) is 14.5. The summed E-state index contributed by atoms with van der Waals surface area (Å²) in [5.41, 5.74) is 1.68. The molecule has 48 heavy (non-hydrogen) atoms. The van der Waals surface area contributed by atoms with Crippen LogP contribution in [0.2, 0.25) is 0 Å². The van der Waals surface area contributed by atoms with Gasteiger partial charge in [0.1, 0.15) is 22.9 Å². The Morgan fingerprint density at radius 1 is 0.521 bits per heavy atom. The molecule has 1 amide bonds. The van der Waals surface area contributed by atoms with Crippen LogP contribution >= 0.6 is 0 Å². The maximum atomic E-state index is 13.7. The van der Waals surface area contributed by atoms with E-state index < -0.39 is 5.54 Å². The Labute approximate surface area is 286 Å². The molecule has 0 aliphatic rings. The fraction of sp³-hybridized carbons (Fsp3) is 0.564. The summed E-state index contributed by atoms with van der Waals surface area (Å²) in [7, 11) is 0. The number of carbonyl (C=O) groups is 5. The molecular weight excluding hydrogens is 610 g/mol. The van der Waals surface area contributed by atoms with E-state index >= 15 is 0 Å². The summed E-state index contributed by atoms with van der Waals surface area (Å²) >= 11 is 0. The van der Waals surface area contributed by atoms with Gasteiger partial charge in [0, 0.05) is 54.1 Å². The number of benzene rings is 2. The highest BCUT2D eigenvalue weighted by Gasteiger charge is 2.34. The molecule has 0 bridgehead atoms. The van der Waals surface area contributed by atoms with Gasteiger partial charge in [0.2, 0.25) is 0 Å². The standard InChI is InChI=1S/C39H55NO8/c1-26(2)34(41)17-20-46-23-39(24-47-21-18-35(42)27(3)4,25-48-22-19-36(43)28(5)6)40-38(45)33-15-11-31(12-16-33)30-9-13-32(14-10-30)37(44)29(7)8/h9-16,26-29H,17-25H2,1-8H3,(H,40,45). The van der Waals surface area contributed by atoms with Gasteiger partial charge in [0.25, 0.3) is 5.91 Å². The number of carbonyl (C=O) groups excluding carboxylic acids is 5. The summed E-state index contributed by atoms with van der Waals surface area (Å²) in [6.45, 7) is 15.2. The van der Waals surface area contributed by atoms with Crippen LogP contribution in [0.3, 0.4) is 0 Å². The summed E-state index contributed by atoms with van der Waals surface area (Å²) in [6.07, 6.45) is 0.676. The lowest BCUT2D eigenvalue weighted by Gasteiger charge is -2.34. The molecule has 0 fully saturated rings. The summed E-state index contributed by atoms with van der Waals surface area (Å²) < 4.78 is 17.9. The zero-order valence-electron chi connectivity index (χ0n) is 30.1. The van der Waals surface area contributed by atoms with Crippen LogP contribution in [0.5, 0.6) is 0 Å². The largest absolute Gasteiger partial charge is 0.378 e. The van der Waals surface area contributed by atoms with Gasteiger partial charge in [0.15, 0.2) is 5.78 Å². The molecule has 0 saturated heterocycles. The second kappa shape index (κ2) is 20.1. The minimum Gasteiger partial charge on any atom is -0.378 e. The van der Waals surface area contributed by atoms with Crippen LogP contribution in [0.15, 0.2) is 48.5 Å². The maximum Gasteiger partial charge on any atom is 0.251 e. The van der Waals surface area contributed by atoms with E-state index in [1.54, 1.807) is 12.1 Å². The Balaban J connectivity index is 2.28. The molecule has 0 heterocycles. The molecule has 2 aromatic rings. The number of hydrogen-bond donors (Lipinski definition) is 1. The van der Waals surface area contributed by atoms with Crippen LogP contribution in [0.25, 0.3) is 11.1 Å². The number of ether oxygens (including phenoxy) is 3. The van der Waals surface area contributed by atoms with Gasteiger partial charge < -0.3 is 19.5 Å². The van der Waals surface area contributed by atoms with Crippen molar-refractivity contribution in [3.8, 4) is 11.1 Å². The number of amides is 1. The number of rotatable bonds is 23. The first-order valence-corrected chi connectivity index (χ1v) is 17.0. The van der Waals surface area contributed by atoms with Gasteiger partial charge >= 0.3 is 0 Å².